The highest BCUT2D eigenvalue weighted by Crippen LogP contribution is 2.30. The van der Waals surface area contributed by atoms with E-state index in [-0.39, 0.29) is 23.0 Å². The fraction of sp³-hybridized carbons (Fsp3) is 0.310. The van der Waals surface area contributed by atoms with E-state index in [0.717, 1.165) is 15.4 Å². The van der Waals surface area contributed by atoms with E-state index in [4.69, 9.17) is 16.3 Å². The summed E-state index contributed by atoms with van der Waals surface area (Å²) in [5.74, 6) is -0.218. The third kappa shape index (κ3) is 7.10. The number of aryl methyl sites for hydroxylation is 2. The van der Waals surface area contributed by atoms with Crippen molar-refractivity contribution in [2.45, 2.75) is 44.7 Å². The fourth-order valence-electron chi connectivity index (χ4n) is 4.22. The fourth-order valence-corrected chi connectivity index (χ4v) is 5.85. The van der Waals surface area contributed by atoms with Gasteiger partial charge in [-0.1, -0.05) is 54.4 Å². The SMILES string of the molecule is CC[C@H](C(=O)NC)N(Cc1ccc(OC)cc1)C(=O)CN(c1cc(Cl)ccc1C)S(=O)(=O)c1ccc(C)cc1. The molecule has 1 atom stereocenters. The summed E-state index contributed by atoms with van der Waals surface area (Å²) in [6, 6.07) is 17.6. The van der Waals surface area contributed by atoms with Gasteiger partial charge < -0.3 is 15.0 Å². The van der Waals surface area contributed by atoms with Crippen LogP contribution in [0.1, 0.15) is 30.0 Å². The Hall–Kier alpha value is -3.56. The molecule has 3 aromatic carbocycles. The average molecular weight is 572 g/mol. The van der Waals surface area contributed by atoms with E-state index in [0.29, 0.717) is 22.8 Å². The molecule has 0 fully saturated rings. The average Bonchev–Trinajstić information content (AvgIpc) is 2.93. The molecule has 0 saturated carbocycles. The maximum Gasteiger partial charge on any atom is 0.264 e. The van der Waals surface area contributed by atoms with Crippen molar-refractivity contribution in [3.63, 3.8) is 0 Å². The van der Waals surface area contributed by atoms with E-state index >= 15 is 0 Å². The number of sulfonamides is 1. The predicted molar refractivity (Wildman–Crippen MR) is 154 cm³/mol. The number of anilines is 1. The molecule has 0 heterocycles. The van der Waals surface area contributed by atoms with E-state index in [9.17, 15) is 18.0 Å². The molecular weight excluding hydrogens is 538 g/mol. The van der Waals surface area contributed by atoms with Crippen LogP contribution in [-0.2, 0) is 26.2 Å². The molecule has 0 aliphatic heterocycles. The monoisotopic (exact) mass is 571 g/mol. The highest BCUT2D eigenvalue weighted by Gasteiger charge is 2.34. The lowest BCUT2D eigenvalue weighted by molar-refractivity contribution is -0.140. The second kappa shape index (κ2) is 13.0. The summed E-state index contributed by atoms with van der Waals surface area (Å²) in [5.41, 5.74) is 2.58. The lowest BCUT2D eigenvalue weighted by Crippen LogP contribution is -2.51. The number of carbonyl (C=O) groups is 2. The van der Waals surface area contributed by atoms with Crippen molar-refractivity contribution in [1.29, 1.82) is 0 Å². The minimum Gasteiger partial charge on any atom is -0.497 e. The van der Waals surface area contributed by atoms with Crippen molar-refractivity contribution in [3.8, 4) is 5.75 Å². The molecule has 8 nitrogen and oxygen atoms in total. The Kier molecular flexibility index (Phi) is 9.99. The van der Waals surface area contributed by atoms with Crippen molar-refractivity contribution in [2.75, 3.05) is 25.0 Å². The number of amides is 2. The van der Waals surface area contributed by atoms with Crippen LogP contribution < -0.4 is 14.4 Å². The maximum atomic E-state index is 14.0. The highest BCUT2D eigenvalue weighted by molar-refractivity contribution is 7.92. The van der Waals surface area contributed by atoms with E-state index in [1.165, 1.54) is 30.1 Å². The van der Waals surface area contributed by atoms with Gasteiger partial charge in [0.25, 0.3) is 10.0 Å². The Morgan fingerprint density at radius 3 is 2.21 bits per heavy atom. The summed E-state index contributed by atoms with van der Waals surface area (Å²) in [5, 5.41) is 2.95. The molecule has 208 valence electrons. The maximum absolute atomic E-state index is 14.0. The smallest absolute Gasteiger partial charge is 0.264 e. The zero-order valence-electron chi connectivity index (χ0n) is 22.8. The molecule has 0 unspecified atom stereocenters. The Morgan fingerprint density at radius 1 is 1.00 bits per heavy atom. The van der Waals surface area contributed by atoms with Gasteiger partial charge in [0.05, 0.1) is 17.7 Å². The van der Waals surface area contributed by atoms with Crippen molar-refractivity contribution >= 4 is 39.1 Å². The molecule has 0 aromatic heterocycles. The summed E-state index contributed by atoms with van der Waals surface area (Å²) in [6.07, 6.45) is 0.336. The largest absolute Gasteiger partial charge is 0.497 e. The molecule has 0 spiro atoms. The van der Waals surface area contributed by atoms with Crippen LogP contribution in [0.5, 0.6) is 5.75 Å². The first kappa shape index (κ1) is 30.0. The van der Waals surface area contributed by atoms with Gasteiger partial charge in [-0.2, -0.15) is 0 Å². The molecule has 39 heavy (non-hydrogen) atoms. The van der Waals surface area contributed by atoms with Gasteiger partial charge >= 0.3 is 0 Å². The number of likely N-dealkylation sites (N-methyl/N-ethyl adjacent to an activating group) is 1. The van der Waals surface area contributed by atoms with Crippen molar-refractivity contribution in [1.82, 2.24) is 10.2 Å². The van der Waals surface area contributed by atoms with E-state index in [2.05, 4.69) is 5.32 Å². The molecule has 0 aliphatic rings. The first-order valence-corrected chi connectivity index (χ1v) is 14.3. The van der Waals surface area contributed by atoms with Crippen LogP contribution in [0.25, 0.3) is 0 Å². The first-order chi connectivity index (χ1) is 18.5. The van der Waals surface area contributed by atoms with Gasteiger partial charge in [-0.25, -0.2) is 8.42 Å². The number of benzene rings is 3. The molecule has 0 radical (unpaired) electrons. The molecule has 2 amide bonds. The van der Waals surface area contributed by atoms with E-state index in [1.54, 1.807) is 69.5 Å². The number of carbonyl (C=O) groups excluding carboxylic acids is 2. The Balaban J connectivity index is 2.09. The van der Waals surface area contributed by atoms with Gasteiger partial charge in [-0.3, -0.25) is 13.9 Å². The van der Waals surface area contributed by atoms with Gasteiger partial charge in [0.1, 0.15) is 18.3 Å². The predicted octanol–water partition coefficient (Wildman–Crippen LogP) is 4.71. The zero-order valence-corrected chi connectivity index (χ0v) is 24.3. The standard InChI is InChI=1S/C29H34ClN3O5S/c1-6-26(29(35)31-4)32(18-22-10-13-24(38-5)14-11-22)28(34)19-33(27-17-23(30)12-9-21(27)3)39(36,37)25-15-7-20(2)8-16-25/h7-17,26H,6,18-19H2,1-5H3,(H,31,35)/t26-/m1/s1. The summed E-state index contributed by atoms with van der Waals surface area (Å²) in [7, 11) is -1.10. The summed E-state index contributed by atoms with van der Waals surface area (Å²) in [6.45, 7) is 4.99. The second-order valence-corrected chi connectivity index (χ2v) is 11.5. The first-order valence-electron chi connectivity index (χ1n) is 12.5. The molecule has 3 rings (SSSR count). The lowest BCUT2D eigenvalue weighted by Gasteiger charge is -2.33. The van der Waals surface area contributed by atoms with Gasteiger partial charge in [0.15, 0.2) is 0 Å². The minimum absolute atomic E-state index is 0.0420. The van der Waals surface area contributed by atoms with Crippen LogP contribution in [0.2, 0.25) is 5.02 Å². The molecular formula is C29H34ClN3O5S. The van der Waals surface area contributed by atoms with Crippen molar-refractivity contribution < 1.29 is 22.7 Å². The van der Waals surface area contributed by atoms with Crippen LogP contribution in [-0.4, -0.2) is 51.9 Å². The third-order valence-corrected chi connectivity index (χ3v) is 8.48. The van der Waals surface area contributed by atoms with Crippen molar-refractivity contribution in [3.05, 3.63) is 88.4 Å². The van der Waals surface area contributed by atoms with Gasteiger partial charge in [-0.05, 0) is 67.8 Å². The molecule has 10 heteroatoms. The van der Waals surface area contributed by atoms with Crippen LogP contribution in [0.3, 0.4) is 0 Å². The second-order valence-electron chi connectivity index (χ2n) is 9.16. The van der Waals surface area contributed by atoms with Gasteiger partial charge in [0.2, 0.25) is 11.8 Å². The number of methoxy groups -OCH3 is 1. The van der Waals surface area contributed by atoms with Crippen LogP contribution in [0.15, 0.2) is 71.6 Å². The minimum atomic E-state index is -4.17. The van der Waals surface area contributed by atoms with E-state index in [1.807, 2.05) is 6.92 Å². The summed E-state index contributed by atoms with van der Waals surface area (Å²) < 4.78 is 34.2. The molecule has 0 bridgehead atoms. The Morgan fingerprint density at radius 2 is 1.64 bits per heavy atom. The lowest BCUT2D eigenvalue weighted by atomic mass is 10.1. The topological polar surface area (TPSA) is 96.0 Å². The summed E-state index contributed by atoms with van der Waals surface area (Å²) >= 11 is 6.26. The molecule has 1 N–H and O–H groups in total. The number of halogens is 1. The highest BCUT2D eigenvalue weighted by atomic mass is 35.5. The number of ether oxygens (including phenoxy) is 1. The Bertz CT molecular complexity index is 1410. The molecule has 0 saturated heterocycles. The van der Waals surface area contributed by atoms with Crippen molar-refractivity contribution in [2.24, 2.45) is 0 Å². The number of hydrogen-bond donors (Lipinski definition) is 1. The van der Waals surface area contributed by atoms with Crippen LogP contribution >= 0.6 is 11.6 Å². The summed E-state index contributed by atoms with van der Waals surface area (Å²) in [4.78, 5) is 28.3. The van der Waals surface area contributed by atoms with E-state index < -0.39 is 28.5 Å². The van der Waals surface area contributed by atoms with Gasteiger partial charge in [-0.15, -0.1) is 0 Å². The molecule has 0 aliphatic carbocycles. The number of hydrogen-bond acceptors (Lipinski definition) is 5. The van der Waals surface area contributed by atoms with Crippen LogP contribution in [0, 0.1) is 13.8 Å². The molecule has 3 aromatic rings. The Labute approximate surface area is 235 Å². The number of rotatable bonds is 11. The zero-order chi connectivity index (χ0) is 28.7. The normalized spacial score (nSPS) is 11.9. The third-order valence-electron chi connectivity index (χ3n) is 6.47. The van der Waals surface area contributed by atoms with Gasteiger partial charge in [0, 0.05) is 18.6 Å². The van der Waals surface area contributed by atoms with Crippen LogP contribution in [0.4, 0.5) is 5.69 Å². The number of nitrogens with zero attached hydrogens (tertiary/aromatic N) is 2. The quantitative estimate of drug-likeness (QED) is 0.359. The number of nitrogens with one attached hydrogen (secondary N) is 1.